The molecule has 1 aliphatic rings. The highest BCUT2D eigenvalue weighted by Crippen LogP contribution is 2.18. The minimum absolute atomic E-state index is 0.0372. The summed E-state index contributed by atoms with van der Waals surface area (Å²) in [6, 6.07) is 13.7. The molecule has 2 amide bonds. The molecule has 5 nitrogen and oxygen atoms in total. The lowest BCUT2D eigenvalue weighted by atomic mass is 10.3. The first-order valence-corrected chi connectivity index (χ1v) is 8.28. The molecular formula is C16H17IN4O. The number of rotatable bonds is 2. The fourth-order valence-electron chi connectivity index (χ4n) is 2.44. The van der Waals surface area contributed by atoms with E-state index < -0.39 is 0 Å². The van der Waals surface area contributed by atoms with Gasteiger partial charge in [-0.15, -0.1) is 0 Å². The number of hydrogen-bond acceptors (Lipinski definition) is 3. The second-order valence-corrected chi connectivity index (χ2v) is 6.23. The predicted octanol–water partition coefficient (Wildman–Crippen LogP) is 3.04. The van der Waals surface area contributed by atoms with Crippen molar-refractivity contribution in [2.45, 2.75) is 0 Å². The molecule has 0 radical (unpaired) electrons. The Morgan fingerprint density at radius 3 is 2.45 bits per heavy atom. The van der Waals surface area contributed by atoms with Crippen LogP contribution in [-0.2, 0) is 0 Å². The van der Waals surface area contributed by atoms with Crippen molar-refractivity contribution < 1.29 is 4.79 Å². The summed E-state index contributed by atoms with van der Waals surface area (Å²) in [5.74, 6) is 0.972. The van der Waals surface area contributed by atoms with Gasteiger partial charge in [-0.25, -0.2) is 9.78 Å². The molecule has 1 aromatic carbocycles. The van der Waals surface area contributed by atoms with E-state index >= 15 is 0 Å². The highest BCUT2D eigenvalue weighted by Gasteiger charge is 2.22. The number of nitrogens with one attached hydrogen (secondary N) is 1. The molecule has 1 N–H and O–H groups in total. The van der Waals surface area contributed by atoms with E-state index in [-0.39, 0.29) is 6.03 Å². The Morgan fingerprint density at radius 1 is 1.05 bits per heavy atom. The Balaban J connectivity index is 1.57. The van der Waals surface area contributed by atoms with Gasteiger partial charge in [-0.1, -0.05) is 18.2 Å². The first kappa shape index (κ1) is 15.1. The molecule has 0 saturated carbocycles. The van der Waals surface area contributed by atoms with Crippen molar-refractivity contribution in [3.8, 4) is 0 Å². The molecule has 22 heavy (non-hydrogen) atoms. The van der Waals surface area contributed by atoms with E-state index in [0.717, 1.165) is 28.2 Å². The molecule has 1 aromatic heterocycles. The molecule has 3 rings (SSSR count). The number of hydrogen-bond donors (Lipinski definition) is 1. The van der Waals surface area contributed by atoms with E-state index in [9.17, 15) is 4.79 Å². The van der Waals surface area contributed by atoms with Crippen LogP contribution in [0.5, 0.6) is 0 Å². The van der Waals surface area contributed by atoms with Gasteiger partial charge in [0.15, 0.2) is 0 Å². The lowest BCUT2D eigenvalue weighted by Crippen LogP contribution is -2.50. The van der Waals surface area contributed by atoms with Crippen molar-refractivity contribution in [2.75, 3.05) is 36.4 Å². The molecular weight excluding hydrogens is 391 g/mol. The van der Waals surface area contributed by atoms with Crippen molar-refractivity contribution in [3.63, 3.8) is 0 Å². The molecule has 2 aromatic rings. The zero-order valence-electron chi connectivity index (χ0n) is 12.1. The standard InChI is InChI=1S/C16H17IN4O/c17-13-5-1-2-6-14(13)19-16(22)21-11-9-20(10-12-21)15-7-3-4-8-18-15/h1-8H,9-12H2,(H,19,22). The Bertz CT molecular complexity index is 642. The fraction of sp³-hybridized carbons (Fsp3) is 0.250. The quantitative estimate of drug-likeness (QED) is 0.778. The third-order valence-electron chi connectivity index (χ3n) is 3.66. The van der Waals surface area contributed by atoms with Crippen LogP contribution in [-0.4, -0.2) is 42.1 Å². The molecule has 1 aliphatic heterocycles. The zero-order valence-corrected chi connectivity index (χ0v) is 14.2. The lowest BCUT2D eigenvalue weighted by Gasteiger charge is -2.35. The van der Waals surface area contributed by atoms with E-state index in [1.54, 1.807) is 6.20 Å². The summed E-state index contributed by atoms with van der Waals surface area (Å²) in [4.78, 5) is 20.8. The monoisotopic (exact) mass is 408 g/mol. The molecule has 2 heterocycles. The number of carbonyl (C=O) groups excluding carboxylic acids is 1. The normalized spacial score (nSPS) is 14.8. The van der Waals surface area contributed by atoms with Crippen molar-refractivity contribution in [2.24, 2.45) is 0 Å². The molecule has 0 bridgehead atoms. The van der Waals surface area contributed by atoms with Gasteiger partial charge in [0.05, 0.1) is 5.69 Å². The van der Waals surface area contributed by atoms with Gasteiger partial charge in [0.2, 0.25) is 0 Å². The third-order valence-corrected chi connectivity index (χ3v) is 4.60. The maximum absolute atomic E-state index is 12.3. The molecule has 6 heteroatoms. The van der Waals surface area contributed by atoms with E-state index in [0.29, 0.717) is 13.1 Å². The summed E-state index contributed by atoms with van der Waals surface area (Å²) in [6.07, 6.45) is 1.80. The van der Waals surface area contributed by atoms with Gasteiger partial charge in [0.1, 0.15) is 5.82 Å². The van der Waals surface area contributed by atoms with Crippen LogP contribution in [0, 0.1) is 3.57 Å². The number of piperazine rings is 1. The average molecular weight is 408 g/mol. The van der Waals surface area contributed by atoms with Gasteiger partial charge < -0.3 is 15.1 Å². The first-order valence-electron chi connectivity index (χ1n) is 7.20. The van der Waals surface area contributed by atoms with Gasteiger partial charge in [-0.3, -0.25) is 0 Å². The fourth-order valence-corrected chi connectivity index (χ4v) is 2.96. The number of urea groups is 1. The molecule has 0 atom stereocenters. The number of benzene rings is 1. The topological polar surface area (TPSA) is 48.5 Å². The predicted molar refractivity (Wildman–Crippen MR) is 96.2 cm³/mol. The van der Waals surface area contributed by atoms with E-state index in [4.69, 9.17) is 0 Å². The number of halogens is 1. The van der Waals surface area contributed by atoms with Crippen LogP contribution in [0.15, 0.2) is 48.7 Å². The Hall–Kier alpha value is -1.83. The number of para-hydroxylation sites is 1. The van der Waals surface area contributed by atoms with Crippen LogP contribution in [0.4, 0.5) is 16.3 Å². The second-order valence-electron chi connectivity index (χ2n) is 5.07. The Labute approximate surface area is 143 Å². The molecule has 1 saturated heterocycles. The van der Waals surface area contributed by atoms with Gasteiger partial charge in [-0.05, 0) is 46.9 Å². The number of nitrogens with zero attached hydrogens (tertiary/aromatic N) is 3. The number of carbonyl (C=O) groups is 1. The Kier molecular flexibility index (Phi) is 4.77. The van der Waals surface area contributed by atoms with Gasteiger partial charge in [-0.2, -0.15) is 0 Å². The smallest absolute Gasteiger partial charge is 0.321 e. The van der Waals surface area contributed by atoms with E-state index in [2.05, 4.69) is 37.8 Å². The summed E-state index contributed by atoms with van der Waals surface area (Å²) in [7, 11) is 0. The number of amides is 2. The van der Waals surface area contributed by atoms with Gasteiger partial charge >= 0.3 is 6.03 Å². The number of aromatic nitrogens is 1. The largest absolute Gasteiger partial charge is 0.353 e. The summed E-state index contributed by atoms with van der Waals surface area (Å²) in [5.41, 5.74) is 0.861. The van der Waals surface area contributed by atoms with Crippen LogP contribution in [0.2, 0.25) is 0 Å². The number of anilines is 2. The first-order chi connectivity index (χ1) is 10.7. The summed E-state index contributed by atoms with van der Waals surface area (Å²) >= 11 is 2.23. The van der Waals surface area contributed by atoms with Gasteiger partial charge in [0, 0.05) is 35.9 Å². The van der Waals surface area contributed by atoms with Gasteiger partial charge in [0.25, 0.3) is 0 Å². The van der Waals surface area contributed by atoms with Crippen LogP contribution in [0.3, 0.4) is 0 Å². The lowest BCUT2D eigenvalue weighted by molar-refractivity contribution is 0.208. The summed E-state index contributed by atoms with van der Waals surface area (Å²) < 4.78 is 1.04. The summed E-state index contributed by atoms with van der Waals surface area (Å²) in [5, 5.41) is 2.98. The van der Waals surface area contributed by atoms with E-state index in [1.165, 1.54) is 0 Å². The SMILES string of the molecule is O=C(Nc1ccccc1I)N1CCN(c2ccccn2)CC1. The molecule has 0 spiro atoms. The Morgan fingerprint density at radius 2 is 1.77 bits per heavy atom. The van der Waals surface area contributed by atoms with Crippen LogP contribution >= 0.6 is 22.6 Å². The van der Waals surface area contributed by atoms with Crippen molar-refractivity contribution in [1.82, 2.24) is 9.88 Å². The molecule has 0 aliphatic carbocycles. The van der Waals surface area contributed by atoms with Crippen molar-refractivity contribution in [3.05, 3.63) is 52.2 Å². The van der Waals surface area contributed by atoms with Crippen molar-refractivity contribution in [1.29, 1.82) is 0 Å². The third kappa shape index (κ3) is 3.49. The minimum Gasteiger partial charge on any atom is -0.353 e. The van der Waals surface area contributed by atoms with E-state index in [1.807, 2.05) is 47.4 Å². The summed E-state index contributed by atoms with van der Waals surface area (Å²) in [6.45, 7) is 3.00. The number of pyridine rings is 1. The highest BCUT2D eigenvalue weighted by molar-refractivity contribution is 14.1. The van der Waals surface area contributed by atoms with Crippen LogP contribution in [0.25, 0.3) is 0 Å². The molecule has 114 valence electrons. The highest BCUT2D eigenvalue weighted by atomic mass is 127. The zero-order chi connectivity index (χ0) is 15.4. The minimum atomic E-state index is -0.0372. The average Bonchev–Trinajstić information content (AvgIpc) is 2.58. The van der Waals surface area contributed by atoms with Crippen molar-refractivity contribution >= 4 is 40.1 Å². The maximum atomic E-state index is 12.3. The molecule has 0 unspecified atom stereocenters. The maximum Gasteiger partial charge on any atom is 0.321 e. The second kappa shape index (κ2) is 6.95. The molecule has 1 fully saturated rings. The van der Waals surface area contributed by atoms with Crippen LogP contribution in [0.1, 0.15) is 0 Å². The van der Waals surface area contributed by atoms with Crippen LogP contribution < -0.4 is 10.2 Å².